The summed E-state index contributed by atoms with van der Waals surface area (Å²) in [4.78, 5) is 20.1. The molecule has 0 aliphatic carbocycles. The predicted molar refractivity (Wildman–Crippen MR) is 64.6 cm³/mol. The standard InChI is InChI=1S/C10H26NO2P/c1-6-7-8-14(12,13)11(9(2)3)10(4)5/h9-10,12-14H,6-8H2,1-5H3. The summed E-state index contributed by atoms with van der Waals surface area (Å²) in [7, 11) is -3.15. The third-order valence-electron chi connectivity index (χ3n) is 2.39. The van der Waals surface area contributed by atoms with Crippen LogP contribution in [-0.4, -0.2) is 32.7 Å². The fourth-order valence-electron chi connectivity index (χ4n) is 1.97. The minimum atomic E-state index is -3.15. The van der Waals surface area contributed by atoms with Crippen molar-refractivity contribution in [2.75, 3.05) is 6.16 Å². The van der Waals surface area contributed by atoms with Gasteiger partial charge >= 0.3 is 88.0 Å². The SMILES string of the molecule is CCCC[PH](O)(O)N(C(C)C)C(C)C. The van der Waals surface area contributed by atoms with Gasteiger partial charge in [0.25, 0.3) is 0 Å². The van der Waals surface area contributed by atoms with Crippen LogP contribution >= 0.6 is 7.87 Å². The molecule has 0 rings (SSSR count). The molecule has 0 saturated carbocycles. The summed E-state index contributed by atoms with van der Waals surface area (Å²) in [6, 6.07) is 0.405. The number of nitrogens with zero attached hydrogens (tertiary/aromatic N) is 1. The van der Waals surface area contributed by atoms with Crippen LogP contribution in [0.25, 0.3) is 0 Å². The maximum atomic E-state index is 10.1. The average Bonchev–Trinajstić information content (AvgIpc) is 1.98. The van der Waals surface area contributed by atoms with Crippen LogP contribution < -0.4 is 0 Å². The van der Waals surface area contributed by atoms with Crippen LogP contribution in [0.15, 0.2) is 0 Å². The van der Waals surface area contributed by atoms with E-state index in [4.69, 9.17) is 0 Å². The molecule has 0 atom stereocenters. The molecule has 0 aromatic heterocycles. The van der Waals surface area contributed by atoms with E-state index in [0.29, 0.717) is 6.16 Å². The Kier molecular flexibility index (Phi) is 6.15. The van der Waals surface area contributed by atoms with Crippen LogP contribution in [0, 0.1) is 0 Å². The Hall–Kier alpha value is 0.310. The first-order chi connectivity index (χ1) is 6.33. The predicted octanol–water partition coefficient (Wildman–Crippen LogP) is 2.38. The zero-order valence-electron chi connectivity index (χ0n) is 10.1. The van der Waals surface area contributed by atoms with Crippen LogP contribution in [0.5, 0.6) is 0 Å². The van der Waals surface area contributed by atoms with E-state index in [1.807, 2.05) is 32.4 Å². The van der Waals surface area contributed by atoms with Crippen molar-refractivity contribution in [3.63, 3.8) is 0 Å². The molecule has 0 saturated heterocycles. The molecule has 0 aromatic rings. The van der Waals surface area contributed by atoms with Gasteiger partial charge in [0.2, 0.25) is 0 Å². The van der Waals surface area contributed by atoms with Crippen LogP contribution in [-0.2, 0) is 0 Å². The van der Waals surface area contributed by atoms with Crippen LogP contribution in [0.2, 0.25) is 0 Å². The zero-order chi connectivity index (χ0) is 11.4. The molecule has 4 heteroatoms. The van der Waals surface area contributed by atoms with Crippen LogP contribution in [0.3, 0.4) is 0 Å². The first kappa shape index (κ1) is 14.3. The van der Waals surface area contributed by atoms with E-state index >= 15 is 0 Å². The number of hydrogen-bond acceptors (Lipinski definition) is 3. The Bertz CT molecular complexity index is 152. The van der Waals surface area contributed by atoms with Gasteiger partial charge in [0.05, 0.1) is 0 Å². The summed E-state index contributed by atoms with van der Waals surface area (Å²) in [5.41, 5.74) is 0. The normalized spacial score (nSPS) is 14.4. The summed E-state index contributed by atoms with van der Waals surface area (Å²) >= 11 is 0. The van der Waals surface area contributed by atoms with Gasteiger partial charge in [-0.2, -0.15) is 0 Å². The van der Waals surface area contributed by atoms with E-state index in [1.165, 1.54) is 0 Å². The topological polar surface area (TPSA) is 43.7 Å². The minimum absolute atomic E-state index is 0.202. The second-order valence-corrected chi connectivity index (χ2v) is 7.04. The molecule has 3 nitrogen and oxygen atoms in total. The summed E-state index contributed by atoms with van der Waals surface area (Å²) in [6.45, 7) is 10.1. The Labute approximate surface area is 88.7 Å². The van der Waals surface area contributed by atoms with Gasteiger partial charge in [0.1, 0.15) is 0 Å². The molecule has 14 heavy (non-hydrogen) atoms. The van der Waals surface area contributed by atoms with Crippen molar-refractivity contribution in [1.29, 1.82) is 0 Å². The molecule has 88 valence electrons. The second kappa shape index (κ2) is 6.02. The molecule has 0 heterocycles. The van der Waals surface area contributed by atoms with Crippen molar-refractivity contribution in [1.82, 2.24) is 4.67 Å². The number of unbranched alkanes of at least 4 members (excludes halogenated alkanes) is 1. The van der Waals surface area contributed by atoms with Gasteiger partial charge in [-0.25, -0.2) is 0 Å². The van der Waals surface area contributed by atoms with Gasteiger partial charge in [0, 0.05) is 0 Å². The monoisotopic (exact) mass is 223 g/mol. The number of rotatable bonds is 6. The maximum absolute atomic E-state index is 10.1. The van der Waals surface area contributed by atoms with Crippen molar-refractivity contribution in [2.24, 2.45) is 0 Å². The van der Waals surface area contributed by atoms with Crippen molar-refractivity contribution in [3.05, 3.63) is 0 Å². The van der Waals surface area contributed by atoms with Gasteiger partial charge in [-0.15, -0.1) is 0 Å². The Morgan fingerprint density at radius 1 is 1.07 bits per heavy atom. The Morgan fingerprint density at radius 2 is 1.50 bits per heavy atom. The third kappa shape index (κ3) is 4.22. The first-order valence-electron chi connectivity index (χ1n) is 5.56. The number of hydrogen-bond donors (Lipinski definition) is 2. The van der Waals surface area contributed by atoms with Crippen molar-refractivity contribution >= 4 is 7.87 Å². The van der Waals surface area contributed by atoms with E-state index in [2.05, 4.69) is 6.92 Å². The fourth-order valence-corrected chi connectivity index (χ4v) is 4.71. The Morgan fingerprint density at radius 3 is 1.79 bits per heavy atom. The van der Waals surface area contributed by atoms with E-state index in [9.17, 15) is 9.79 Å². The molecule has 0 aromatic carbocycles. The molecule has 0 aliphatic rings. The molecule has 0 spiro atoms. The average molecular weight is 223 g/mol. The van der Waals surface area contributed by atoms with E-state index < -0.39 is 7.87 Å². The molecule has 0 radical (unpaired) electrons. The molecule has 0 fully saturated rings. The van der Waals surface area contributed by atoms with Gasteiger partial charge < -0.3 is 0 Å². The summed E-state index contributed by atoms with van der Waals surface area (Å²) in [5, 5.41) is 0. The molecule has 0 amide bonds. The van der Waals surface area contributed by atoms with Gasteiger partial charge in [-0.05, 0) is 0 Å². The van der Waals surface area contributed by atoms with Crippen molar-refractivity contribution in [2.45, 2.75) is 59.5 Å². The van der Waals surface area contributed by atoms with E-state index in [-0.39, 0.29) is 12.1 Å². The van der Waals surface area contributed by atoms with E-state index in [0.717, 1.165) is 12.8 Å². The molecule has 0 bridgehead atoms. The molecular formula is C10H26NO2P. The van der Waals surface area contributed by atoms with Crippen molar-refractivity contribution < 1.29 is 9.79 Å². The summed E-state index contributed by atoms with van der Waals surface area (Å²) in [6.07, 6.45) is 2.47. The van der Waals surface area contributed by atoms with Crippen LogP contribution in [0.1, 0.15) is 47.5 Å². The quantitative estimate of drug-likeness (QED) is 0.679. The second-order valence-electron chi connectivity index (χ2n) is 4.47. The third-order valence-corrected chi connectivity index (χ3v) is 5.28. The molecule has 2 N–H and O–H groups in total. The molecule has 0 unspecified atom stereocenters. The van der Waals surface area contributed by atoms with E-state index in [1.54, 1.807) is 0 Å². The fraction of sp³-hybridized carbons (Fsp3) is 1.00. The summed E-state index contributed by atoms with van der Waals surface area (Å²) in [5.74, 6) is 0. The summed E-state index contributed by atoms with van der Waals surface area (Å²) < 4.78 is 1.88. The van der Waals surface area contributed by atoms with Crippen molar-refractivity contribution in [3.8, 4) is 0 Å². The molecule has 0 aliphatic heterocycles. The van der Waals surface area contributed by atoms with Gasteiger partial charge in [0.15, 0.2) is 0 Å². The van der Waals surface area contributed by atoms with Gasteiger partial charge in [-0.3, -0.25) is 0 Å². The van der Waals surface area contributed by atoms with Gasteiger partial charge in [-0.1, -0.05) is 0 Å². The molecular weight excluding hydrogens is 197 g/mol. The zero-order valence-corrected chi connectivity index (χ0v) is 11.1. The first-order valence-corrected chi connectivity index (χ1v) is 7.61. The van der Waals surface area contributed by atoms with Crippen LogP contribution in [0.4, 0.5) is 0 Å². The Balaban J connectivity index is 4.45.